The summed E-state index contributed by atoms with van der Waals surface area (Å²) < 4.78 is 5.98. The summed E-state index contributed by atoms with van der Waals surface area (Å²) in [6.07, 6.45) is 3.03. The minimum atomic E-state index is 0.921. The van der Waals surface area contributed by atoms with Crippen LogP contribution in [0.2, 0.25) is 0 Å². The number of aryl methyl sites for hydroxylation is 2. The molecule has 0 saturated carbocycles. The van der Waals surface area contributed by atoms with E-state index in [1.54, 1.807) is 0 Å². The zero-order valence-electron chi connectivity index (χ0n) is 13.3. The Morgan fingerprint density at radius 1 is 1.05 bits per heavy atom. The lowest BCUT2D eigenvalue weighted by atomic mass is 10.1. The van der Waals surface area contributed by atoms with Gasteiger partial charge in [-0.15, -0.1) is 0 Å². The van der Waals surface area contributed by atoms with Gasteiger partial charge in [0.1, 0.15) is 11.3 Å². The zero-order valence-corrected chi connectivity index (χ0v) is 13.3. The molecule has 1 N–H and O–H groups in total. The Balaban J connectivity index is 1.97. The van der Waals surface area contributed by atoms with E-state index in [0.717, 1.165) is 29.1 Å². The average molecular weight is 291 g/mol. The van der Waals surface area contributed by atoms with E-state index in [1.165, 1.54) is 16.5 Å². The summed E-state index contributed by atoms with van der Waals surface area (Å²) in [6.45, 7) is 6.37. The topological polar surface area (TPSA) is 25.2 Å². The molecule has 112 valence electrons. The highest BCUT2D eigenvalue weighted by Gasteiger charge is 2.09. The molecule has 2 heteroatoms. The van der Waals surface area contributed by atoms with E-state index in [2.05, 4.69) is 62.5 Å². The summed E-state index contributed by atoms with van der Waals surface area (Å²) in [5, 5.41) is 4.70. The van der Waals surface area contributed by atoms with Crippen molar-refractivity contribution < 1.29 is 4.42 Å². The number of benzene rings is 2. The minimum Gasteiger partial charge on any atom is -0.456 e. The molecule has 2 nitrogen and oxygen atoms in total. The van der Waals surface area contributed by atoms with Crippen molar-refractivity contribution in [2.24, 2.45) is 0 Å². The van der Waals surface area contributed by atoms with E-state index >= 15 is 0 Å². The van der Waals surface area contributed by atoms with Crippen molar-refractivity contribution in [3.63, 3.8) is 0 Å². The van der Waals surface area contributed by atoms with Gasteiger partial charge in [0.15, 0.2) is 0 Å². The van der Waals surface area contributed by atoms with Crippen LogP contribution in [0, 0.1) is 13.8 Å². The molecular formula is C20H21NO. The van der Waals surface area contributed by atoms with Crippen molar-refractivity contribution in [3.8, 4) is 0 Å². The van der Waals surface area contributed by atoms with Crippen molar-refractivity contribution in [2.75, 3.05) is 5.32 Å². The van der Waals surface area contributed by atoms with E-state index in [-0.39, 0.29) is 0 Å². The van der Waals surface area contributed by atoms with Crippen LogP contribution in [-0.2, 0) is 0 Å². The number of hydrogen-bond acceptors (Lipinski definition) is 2. The highest BCUT2D eigenvalue weighted by atomic mass is 16.3. The average Bonchev–Trinajstić information content (AvgIpc) is 2.85. The van der Waals surface area contributed by atoms with Gasteiger partial charge in [-0.05, 0) is 38.0 Å². The minimum absolute atomic E-state index is 0.921. The second kappa shape index (κ2) is 6.10. The Morgan fingerprint density at radius 2 is 1.77 bits per heavy atom. The van der Waals surface area contributed by atoms with Gasteiger partial charge in [0.25, 0.3) is 0 Å². The maximum Gasteiger partial charge on any atom is 0.135 e. The van der Waals surface area contributed by atoms with Crippen LogP contribution in [0.3, 0.4) is 0 Å². The van der Waals surface area contributed by atoms with Crippen molar-refractivity contribution in [1.82, 2.24) is 0 Å². The molecule has 0 aliphatic heterocycles. The molecule has 0 radical (unpaired) electrons. The van der Waals surface area contributed by atoms with Gasteiger partial charge in [0.05, 0.1) is 0 Å². The Kier molecular flexibility index (Phi) is 4.01. The van der Waals surface area contributed by atoms with E-state index in [9.17, 15) is 0 Å². The van der Waals surface area contributed by atoms with Crippen molar-refractivity contribution in [1.29, 1.82) is 0 Å². The van der Waals surface area contributed by atoms with E-state index in [1.807, 2.05) is 18.2 Å². The first-order chi connectivity index (χ1) is 10.7. The maximum atomic E-state index is 5.98. The molecule has 0 amide bonds. The summed E-state index contributed by atoms with van der Waals surface area (Å²) in [5.74, 6) is 0.930. The van der Waals surface area contributed by atoms with E-state index in [0.29, 0.717) is 0 Å². The Morgan fingerprint density at radius 3 is 2.50 bits per heavy atom. The fourth-order valence-electron chi connectivity index (χ4n) is 2.60. The predicted molar refractivity (Wildman–Crippen MR) is 94.0 cm³/mol. The normalized spacial score (nSPS) is 11.9. The number of allylic oxidation sites excluding steroid dienone is 1. The van der Waals surface area contributed by atoms with Gasteiger partial charge in [-0.3, -0.25) is 0 Å². The summed E-state index contributed by atoms with van der Waals surface area (Å²) in [5.41, 5.74) is 5.66. The lowest BCUT2D eigenvalue weighted by Gasteiger charge is -2.11. The lowest BCUT2D eigenvalue weighted by Crippen LogP contribution is -1.99. The maximum absolute atomic E-state index is 5.98. The fraction of sp³-hybridized carbons (Fsp3) is 0.200. The summed E-state index contributed by atoms with van der Waals surface area (Å²) in [6, 6.07) is 16.5. The molecule has 1 aromatic heterocycles. The van der Waals surface area contributed by atoms with Gasteiger partial charge in [-0.1, -0.05) is 43.3 Å². The number of anilines is 1. The Hall–Kier alpha value is -2.48. The first-order valence-electron chi connectivity index (χ1n) is 7.70. The number of rotatable bonds is 4. The van der Waals surface area contributed by atoms with Crippen LogP contribution in [0.4, 0.5) is 5.69 Å². The first-order valence-corrected chi connectivity index (χ1v) is 7.70. The summed E-state index contributed by atoms with van der Waals surface area (Å²) in [4.78, 5) is 0. The molecule has 2 aromatic carbocycles. The van der Waals surface area contributed by atoms with Gasteiger partial charge in [0, 0.05) is 28.4 Å². The van der Waals surface area contributed by atoms with Crippen molar-refractivity contribution in [3.05, 3.63) is 71.1 Å². The molecule has 0 spiro atoms. The largest absolute Gasteiger partial charge is 0.456 e. The van der Waals surface area contributed by atoms with Gasteiger partial charge in [-0.25, -0.2) is 0 Å². The molecule has 0 aliphatic carbocycles. The van der Waals surface area contributed by atoms with Crippen LogP contribution in [0.25, 0.3) is 17.0 Å². The molecule has 22 heavy (non-hydrogen) atoms. The number of furan rings is 1. The van der Waals surface area contributed by atoms with Gasteiger partial charge < -0.3 is 9.73 Å². The second-order valence-corrected chi connectivity index (χ2v) is 5.55. The molecule has 0 unspecified atom stereocenters. The van der Waals surface area contributed by atoms with Crippen molar-refractivity contribution in [2.45, 2.75) is 27.2 Å². The highest BCUT2D eigenvalue weighted by Crippen LogP contribution is 2.27. The van der Waals surface area contributed by atoms with Crippen LogP contribution in [0.15, 0.2) is 58.6 Å². The second-order valence-electron chi connectivity index (χ2n) is 5.55. The molecular weight excluding hydrogens is 270 g/mol. The molecule has 0 saturated heterocycles. The van der Waals surface area contributed by atoms with Gasteiger partial charge in [-0.2, -0.15) is 0 Å². The lowest BCUT2D eigenvalue weighted by molar-refractivity contribution is 0.600. The van der Waals surface area contributed by atoms with E-state index in [4.69, 9.17) is 4.42 Å². The number of hydrogen-bond donors (Lipinski definition) is 1. The number of nitrogens with one attached hydrogen (secondary N) is 1. The molecule has 0 bridgehead atoms. The van der Waals surface area contributed by atoms with Crippen LogP contribution in [0.1, 0.15) is 30.2 Å². The van der Waals surface area contributed by atoms with Crippen molar-refractivity contribution >= 4 is 22.7 Å². The third-order valence-corrected chi connectivity index (χ3v) is 4.01. The first kappa shape index (κ1) is 14.5. The molecule has 3 aromatic rings. The van der Waals surface area contributed by atoms with Crippen LogP contribution in [-0.4, -0.2) is 0 Å². The molecule has 0 aliphatic rings. The van der Waals surface area contributed by atoms with Gasteiger partial charge >= 0.3 is 0 Å². The highest BCUT2D eigenvalue weighted by molar-refractivity contribution is 5.84. The quantitative estimate of drug-likeness (QED) is 0.646. The molecule has 3 rings (SSSR count). The fourth-order valence-corrected chi connectivity index (χ4v) is 2.60. The SMILES string of the molecule is CC/C(=C\c1oc2ccccc2c1C)Nc1ccccc1C. The molecule has 0 atom stereocenters. The summed E-state index contributed by atoms with van der Waals surface area (Å²) >= 11 is 0. The zero-order chi connectivity index (χ0) is 15.5. The summed E-state index contributed by atoms with van der Waals surface area (Å²) in [7, 11) is 0. The van der Waals surface area contributed by atoms with Crippen LogP contribution < -0.4 is 5.32 Å². The third kappa shape index (κ3) is 2.77. The van der Waals surface area contributed by atoms with Crippen LogP contribution in [0.5, 0.6) is 0 Å². The Labute approximate surface area is 131 Å². The van der Waals surface area contributed by atoms with Gasteiger partial charge in [0.2, 0.25) is 0 Å². The number of fused-ring (bicyclic) bond motifs is 1. The molecule has 0 fully saturated rings. The number of para-hydroxylation sites is 2. The van der Waals surface area contributed by atoms with E-state index < -0.39 is 0 Å². The third-order valence-electron chi connectivity index (χ3n) is 4.01. The standard InChI is InChI=1S/C20H21NO/c1-4-16(21-18-11-7-5-9-14(18)2)13-20-15(3)17-10-6-8-12-19(17)22-20/h5-13,21H,4H2,1-3H3/b16-13+. The Bertz CT molecular complexity index is 827. The smallest absolute Gasteiger partial charge is 0.135 e. The molecule has 1 heterocycles. The predicted octanol–water partition coefficient (Wildman–Crippen LogP) is 5.91. The monoisotopic (exact) mass is 291 g/mol. The van der Waals surface area contributed by atoms with Crippen LogP contribution >= 0.6 is 0 Å².